The number of hydrogen-bond acceptors (Lipinski definition) is 5. The number of benzene rings is 4. The summed E-state index contributed by atoms with van der Waals surface area (Å²) in [4.78, 5) is 28.6. The van der Waals surface area contributed by atoms with Crippen molar-refractivity contribution in [2.45, 2.75) is 13.0 Å². The van der Waals surface area contributed by atoms with Gasteiger partial charge in [0.2, 0.25) is 0 Å². The second-order valence-electron chi connectivity index (χ2n) is 8.07. The molecule has 7 heteroatoms. The summed E-state index contributed by atoms with van der Waals surface area (Å²) in [7, 11) is 0. The molecule has 1 heterocycles. The molecule has 1 aromatic heterocycles. The highest BCUT2D eigenvalue weighted by molar-refractivity contribution is 5.88. The molecule has 0 bridgehead atoms. The van der Waals surface area contributed by atoms with E-state index in [1.54, 1.807) is 48.5 Å². The first-order valence-corrected chi connectivity index (χ1v) is 11.4. The van der Waals surface area contributed by atoms with Crippen LogP contribution in [0.25, 0.3) is 22.4 Å². The fourth-order valence-electron chi connectivity index (χ4n) is 3.87. The Morgan fingerprint density at radius 1 is 0.750 bits per heavy atom. The number of rotatable bonds is 8. The number of aromatic carboxylic acids is 1. The molecule has 0 radical (unpaired) electrons. The van der Waals surface area contributed by atoms with Crippen molar-refractivity contribution < 1.29 is 24.2 Å². The Bertz CT molecular complexity index is 1510. The van der Waals surface area contributed by atoms with Crippen molar-refractivity contribution in [3.05, 3.63) is 109 Å². The van der Waals surface area contributed by atoms with Crippen molar-refractivity contribution in [3.8, 4) is 28.6 Å². The van der Waals surface area contributed by atoms with Gasteiger partial charge in [0.15, 0.2) is 0 Å². The average molecular weight is 479 g/mol. The Balaban J connectivity index is 1.29. The first kappa shape index (κ1) is 22.9. The number of hydrogen-bond donors (Lipinski definition) is 1. The SMILES string of the molecule is O=C(CCn1c(-c2ccc(C(=O)O)cc2)nc2ccccc21)Oc1ccc(Oc2ccccc2)cc1. The predicted octanol–water partition coefficient (Wildman–Crippen LogP) is 6.19. The molecule has 0 fully saturated rings. The van der Waals surface area contributed by atoms with Crippen LogP contribution in [-0.4, -0.2) is 26.6 Å². The highest BCUT2D eigenvalue weighted by Crippen LogP contribution is 2.27. The van der Waals surface area contributed by atoms with Gasteiger partial charge in [0.25, 0.3) is 0 Å². The lowest BCUT2D eigenvalue weighted by molar-refractivity contribution is -0.134. The molecule has 0 saturated heterocycles. The normalized spacial score (nSPS) is 10.8. The molecule has 1 N–H and O–H groups in total. The van der Waals surface area contributed by atoms with Gasteiger partial charge in [-0.1, -0.05) is 42.5 Å². The van der Waals surface area contributed by atoms with Crippen molar-refractivity contribution in [1.29, 1.82) is 0 Å². The number of carboxylic acids is 1. The van der Waals surface area contributed by atoms with E-state index in [-0.39, 0.29) is 18.0 Å². The molecule has 5 rings (SSSR count). The molecule has 0 aliphatic rings. The maximum Gasteiger partial charge on any atom is 0.335 e. The van der Waals surface area contributed by atoms with E-state index in [1.165, 1.54) is 0 Å². The van der Waals surface area contributed by atoms with E-state index >= 15 is 0 Å². The van der Waals surface area contributed by atoms with Crippen LogP contribution in [0.5, 0.6) is 17.2 Å². The number of ether oxygens (including phenoxy) is 2. The van der Waals surface area contributed by atoms with Crippen LogP contribution in [0.3, 0.4) is 0 Å². The molecule has 0 aliphatic carbocycles. The summed E-state index contributed by atoms with van der Waals surface area (Å²) in [5, 5.41) is 9.18. The highest BCUT2D eigenvalue weighted by Gasteiger charge is 2.15. The smallest absolute Gasteiger partial charge is 0.335 e. The molecular formula is C29H22N2O5. The second-order valence-corrected chi connectivity index (χ2v) is 8.07. The number of carbonyl (C=O) groups excluding carboxylic acids is 1. The standard InChI is InChI=1S/C29H22N2O5/c32-27(36-24-16-14-23(15-17-24)35-22-6-2-1-3-7-22)18-19-31-26-9-5-4-8-25(26)30-28(31)20-10-12-21(13-11-20)29(33)34/h1-17H,18-19H2,(H,33,34). The number of esters is 1. The van der Waals surface area contributed by atoms with Gasteiger partial charge in [-0.05, 0) is 60.7 Å². The van der Waals surface area contributed by atoms with Crippen molar-refractivity contribution in [1.82, 2.24) is 9.55 Å². The van der Waals surface area contributed by atoms with Gasteiger partial charge in [0, 0.05) is 12.1 Å². The van der Waals surface area contributed by atoms with E-state index in [9.17, 15) is 14.7 Å². The second kappa shape index (κ2) is 10.1. The predicted molar refractivity (Wildman–Crippen MR) is 135 cm³/mol. The van der Waals surface area contributed by atoms with Gasteiger partial charge in [-0.2, -0.15) is 0 Å². The summed E-state index contributed by atoms with van der Waals surface area (Å²) in [5.41, 5.74) is 2.63. The topological polar surface area (TPSA) is 90.7 Å². The largest absolute Gasteiger partial charge is 0.478 e. The van der Waals surface area contributed by atoms with E-state index in [2.05, 4.69) is 0 Å². The van der Waals surface area contributed by atoms with Gasteiger partial charge in [-0.25, -0.2) is 9.78 Å². The van der Waals surface area contributed by atoms with E-state index < -0.39 is 5.97 Å². The Hall–Kier alpha value is -4.91. The van der Waals surface area contributed by atoms with Crippen LogP contribution < -0.4 is 9.47 Å². The number of carbonyl (C=O) groups is 2. The van der Waals surface area contributed by atoms with Crippen LogP contribution >= 0.6 is 0 Å². The number of nitrogens with zero attached hydrogens (tertiary/aromatic N) is 2. The molecule has 4 aromatic carbocycles. The molecule has 0 saturated carbocycles. The van der Waals surface area contributed by atoms with Gasteiger partial charge in [-0.3, -0.25) is 4.79 Å². The third-order valence-electron chi connectivity index (χ3n) is 5.62. The first-order chi connectivity index (χ1) is 17.6. The Kier molecular flexibility index (Phi) is 6.44. The van der Waals surface area contributed by atoms with Gasteiger partial charge in [0.1, 0.15) is 23.1 Å². The summed E-state index contributed by atoms with van der Waals surface area (Å²) in [6, 6.07) is 30.5. The molecule has 5 aromatic rings. The molecule has 7 nitrogen and oxygen atoms in total. The summed E-state index contributed by atoms with van der Waals surface area (Å²) >= 11 is 0. The van der Waals surface area contributed by atoms with Gasteiger partial charge in [0.05, 0.1) is 23.0 Å². The van der Waals surface area contributed by atoms with Crippen molar-refractivity contribution in [2.24, 2.45) is 0 Å². The summed E-state index contributed by atoms with van der Waals surface area (Å²) in [6.07, 6.45) is 0.128. The van der Waals surface area contributed by atoms with Crippen LogP contribution in [0.4, 0.5) is 0 Å². The highest BCUT2D eigenvalue weighted by atomic mass is 16.5. The van der Waals surface area contributed by atoms with E-state index in [0.29, 0.717) is 23.9 Å². The summed E-state index contributed by atoms with van der Waals surface area (Å²) in [5.74, 6) is 1.09. The lowest BCUT2D eigenvalue weighted by Crippen LogP contribution is -2.12. The molecule has 0 atom stereocenters. The third kappa shape index (κ3) is 5.10. The van der Waals surface area contributed by atoms with Crippen molar-refractivity contribution in [2.75, 3.05) is 0 Å². The zero-order valence-electron chi connectivity index (χ0n) is 19.2. The third-order valence-corrected chi connectivity index (χ3v) is 5.62. The van der Waals surface area contributed by atoms with Crippen LogP contribution in [0.1, 0.15) is 16.8 Å². The van der Waals surface area contributed by atoms with E-state index in [4.69, 9.17) is 14.5 Å². The summed E-state index contributed by atoms with van der Waals surface area (Å²) < 4.78 is 13.2. The monoisotopic (exact) mass is 478 g/mol. The van der Waals surface area contributed by atoms with Crippen LogP contribution in [-0.2, 0) is 11.3 Å². The zero-order valence-corrected chi connectivity index (χ0v) is 19.2. The molecular weight excluding hydrogens is 456 g/mol. The zero-order chi connectivity index (χ0) is 24.9. The van der Waals surface area contributed by atoms with Crippen LogP contribution in [0.15, 0.2) is 103 Å². The molecule has 36 heavy (non-hydrogen) atoms. The van der Waals surface area contributed by atoms with E-state index in [1.807, 2.05) is 59.2 Å². The van der Waals surface area contributed by atoms with Crippen LogP contribution in [0.2, 0.25) is 0 Å². The molecule has 0 aliphatic heterocycles. The molecule has 0 spiro atoms. The maximum atomic E-state index is 12.6. The molecule has 0 amide bonds. The quantitative estimate of drug-likeness (QED) is 0.211. The number of aryl methyl sites for hydroxylation is 1. The number of fused-ring (bicyclic) bond motifs is 1. The van der Waals surface area contributed by atoms with Gasteiger partial charge < -0.3 is 19.1 Å². The lowest BCUT2D eigenvalue weighted by atomic mass is 10.1. The summed E-state index contributed by atoms with van der Waals surface area (Å²) in [6.45, 7) is 0.352. The first-order valence-electron chi connectivity index (χ1n) is 11.4. The number of para-hydroxylation sites is 3. The minimum absolute atomic E-state index is 0.128. The Morgan fingerprint density at radius 3 is 2.11 bits per heavy atom. The fourth-order valence-corrected chi connectivity index (χ4v) is 3.87. The molecule has 178 valence electrons. The number of imidazole rings is 1. The minimum Gasteiger partial charge on any atom is -0.478 e. The Morgan fingerprint density at radius 2 is 1.39 bits per heavy atom. The Labute approximate surface area is 207 Å². The van der Waals surface area contributed by atoms with Crippen molar-refractivity contribution in [3.63, 3.8) is 0 Å². The van der Waals surface area contributed by atoms with Gasteiger partial charge >= 0.3 is 11.9 Å². The maximum absolute atomic E-state index is 12.6. The fraction of sp³-hybridized carbons (Fsp3) is 0.0690. The minimum atomic E-state index is -0.988. The van der Waals surface area contributed by atoms with Crippen molar-refractivity contribution >= 4 is 23.0 Å². The lowest BCUT2D eigenvalue weighted by Gasteiger charge is -2.10. The number of aromatic nitrogens is 2. The van der Waals surface area contributed by atoms with E-state index in [0.717, 1.165) is 22.3 Å². The van der Waals surface area contributed by atoms with Gasteiger partial charge in [-0.15, -0.1) is 0 Å². The molecule has 0 unspecified atom stereocenters. The number of carboxylic acid groups (broad SMARTS) is 1. The van der Waals surface area contributed by atoms with Crippen LogP contribution in [0, 0.1) is 0 Å². The average Bonchev–Trinajstić information content (AvgIpc) is 3.28.